The lowest BCUT2D eigenvalue weighted by molar-refractivity contribution is -0.124. The Kier molecular flexibility index (Phi) is 6.52. The second-order valence-electron chi connectivity index (χ2n) is 7.37. The molecule has 0 spiro atoms. The van der Waals surface area contributed by atoms with Crippen molar-refractivity contribution >= 4 is 15.9 Å². The molecule has 3 rings (SSSR count). The normalized spacial score (nSPS) is 17.6. The molecule has 5 nitrogen and oxygen atoms in total. The Morgan fingerprint density at radius 1 is 1.14 bits per heavy atom. The maximum atomic E-state index is 12.7. The SMILES string of the molecule is CCCS(=O)(=O)N1CCCC1C(=O)NCc1cccc(-c2cccc(C)c2)c1. The molecule has 2 aromatic carbocycles. The fourth-order valence-electron chi connectivity index (χ4n) is 3.70. The molecule has 1 N–H and O–H groups in total. The summed E-state index contributed by atoms with van der Waals surface area (Å²) in [5.41, 5.74) is 4.43. The quantitative estimate of drug-likeness (QED) is 0.774. The number of nitrogens with one attached hydrogen (secondary N) is 1. The van der Waals surface area contributed by atoms with Crippen molar-refractivity contribution < 1.29 is 13.2 Å². The molecule has 150 valence electrons. The summed E-state index contributed by atoms with van der Waals surface area (Å²) in [5.74, 6) is -0.117. The number of carbonyl (C=O) groups is 1. The van der Waals surface area contributed by atoms with Crippen LogP contribution in [0.1, 0.15) is 37.3 Å². The summed E-state index contributed by atoms with van der Waals surface area (Å²) in [7, 11) is -3.36. The molecular formula is C22H28N2O3S. The lowest BCUT2D eigenvalue weighted by Gasteiger charge is -2.23. The Hall–Kier alpha value is -2.18. The third-order valence-corrected chi connectivity index (χ3v) is 7.15. The number of benzene rings is 2. The molecule has 0 aromatic heterocycles. The monoisotopic (exact) mass is 400 g/mol. The van der Waals surface area contributed by atoms with E-state index in [4.69, 9.17) is 0 Å². The molecule has 6 heteroatoms. The van der Waals surface area contributed by atoms with Gasteiger partial charge in [0.05, 0.1) is 5.75 Å². The third-order valence-electron chi connectivity index (χ3n) is 5.07. The maximum absolute atomic E-state index is 12.7. The van der Waals surface area contributed by atoms with Crippen LogP contribution in [-0.2, 0) is 21.4 Å². The zero-order valence-electron chi connectivity index (χ0n) is 16.5. The van der Waals surface area contributed by atoms with Crippen LogP contribution >= 0.6 is 0 Å². The number of nitrogens with zero attached hydrogens (tertiary/aromatic N) is 1. The van der Waals surface area contributed by atoms with Gasteiger partial charge < -0.3 is 5.32 Å². The van der Waals surface area contributed by atoms with Gasteiger partial charge in [0.2, 0.25) is 15.9 Å². The van der Waals surface area contributed by atoms with Gasteiger partial charge in [-0.25, -0.2) is 8.42 Å². The van der Waals surface area contributed by atoms with Crippen LogP contribution in [0.25, 0.3) is 11.1 Å². The van der Waals surface area contributed by atoms with Crippen LogP contribution in [0.2, 0.25) is 0 Å². The van der Waals surface area contributed by atoms with E-state index in [1.54, 1.807) is 0 Å². The molecular weight excluding hydrogens is 372 g/mol. The van der Waals surface area contributed by atoms with E-state index in [0.29, 0.717) is 25.9 Å². The molecule has 1 aliphatic rings. The van der Waals surface area contributed by atoms with Crippen LogP contribution in [0, 0.1) is 6.92 Å². The summed E-state index contributed by atoms with van der Waals surface area (Å²) < 4.78 is 26.2. The maximum Gasteiger partial charge on any atom is 0.238 e. The zero-order valence-corrected chi connectivity index (χ0v) is 17.3. The summed E-state index contributed by atoms with van der Waals surface area (Å²) in [6.07, 6.45) is 1.86. The Balaban J connectivity index is 1.67. The number of rotatable bonds is 7. The molecule has 1 unspecified atom stereocenters. The highest BCUT2D eigenvalue weighted by molar-refractivity contribution is 7.89. The zero-order chi connectivity index (χ0) is 20.1. The lowest BCUT2D eigenvalue weighted by Crippen LogP contribution is -2.46. The first-order valence-corrected chi connectivity index (χ1v) is 11.4. The molecule has 2 aromatic rings. The number of hydrogen-bond acceptors (Lipinski definition) is 3. The van der Waals surface area contributed by atoms with Crippen molar-refractivity contribution in [2.75, 3.05) is 12.3 Å². The van der Waals surface area contributed by atoms with Crippen molar-refractivity contribution in [3.05, 3.63) is 59.7 Å². The molecule has 1 atom stereocenters. The number of aryl methyl sites for hydroxylation is 1. The Morgan fingerprint density at radius 3 is 2.57 bits per heavy atom. The molecule has 0 saturated carbocycles. The van der Waals surface area contributed by atoms with E-state index in [9.17, 15) is 13.2 Å². The van der Waals surface area contributed by atoms with Crippen LogP contribution in [0.5, 0.6) is 0 Å². The number of carbonyl (C=O) groups excluding carboxylic acids is 1. The Morgan fingerprint density at radius 2 is 1.86 bits per heavy atom. The van der Waals surface area contributed by atoms with E-state index in [-0.39, 0.29) is 11.7 Å². The van der Waals surface area contributed by atoms with Gasteiger partial charge in [-0.3, -0.25) is 4.79 Å². The number of hydrogen-bond donors (Lipinski definition) is 1. The van der Waals surface area contributed by atoms with E-state index in [1.807, 2.05) is 25.1 Å². The first kappa shape index (κ1) is 20.6. The van der Waals surface area contributed by atoms with Gasteiger partial charge in [0.1, 0.15) is 6.04 Å². The minimum absolute atomic E-state index is 0.0926. The highest BCUT2D eigenvalue weighted by atomic mass is 32.2. The summed E-state index contributed by atoms with van der Waals surface area (Å²) in [6, 6.07) is 15.8. The lowest BCUT2D eigenvalue weighted by atomic mass is 10.0. The molecule has 1 heterocycles. The first-order valence-electron chi connectivity index (χ1n) is 9.84. The average Bonchev–Trinajstić information content (AvgIpc) is 3.17. The second-order valence-corrected chi connectivity index (χ2v) is 9.41. The van der Waals surface area contributed by atoms with Crippen LogP contribution in [0.4, 0.5) is 0 Å². The van der Waals surface area contributed by atoms with Crippen LogP contribution in [0.3, 0.4) is 0 Å². The van der Waals surface area contributed by atoms with Crippen molar-refractivity contribution in [2.24, 2.45) is 0 Å². The van der Waals surface area contributed by atoms with Gasteiger partial charge in [0, 0.05) is 13.1 Å². The predicted molar refractivity (Wildman–Crippen MR) is 112 cm³/mol. The van der Waals surface area contributed by atoms with E-state index in [0.717, 1.165) is 23.1 Å². The van der Waals surface area contributed by atoms with Crippen molar-refractivity contribution in [1.29, 1.82) is 0 Å². The molecule has 1 aliphatic heterocycles. The third kappa shape index (κ3) is 4.80. The summed E-state index contributed by atoms with van der Waals surface area (Å²) >= 11 is 0. The van der Waals surface area contributed by atoms with Gasteiger partial charge in [0.25, 0.3) is 0 Å². The molecule has 1 fully saturated rings. The molecule has 1 amide bonds. The van der Waals surface area contributed by atoms with Crippen LogP contribution in [0.15, 0.2) is 48.5 Å². The van der Waals surface area contributed by atoms with Gasteiger partial charge >= 0.3 is 0 Å². The minimum Gasteiger partial charge on any atom is -0.351 e. The highest BCUT2D eigenvalue weighted by Gasteiger charge is 2.37. The predicted octanol–water partition coefficient (Wildman–Crippen LogP) is 3.48. The van der Waals surface area contributed by atoms with E-state index in [1.165, 1.54) is 9.87 Å². The molecule has 0 radical (unpaired) electrons. The summed E-state index contributed by atoms with van der Waals surface area (Å²) in [5, 5.41) is 2.93. The first-order chi connectivity index (χ1) is 13.4. The van der Waals surface area contributed by atoms with Gasteiger partial charge in [-0.05, 0) is 48.9 Å². The number of amides is 1. The topological polar surface area (TPSA) is 66.5 Å². The average molecular weight is 401 g/mol. The van der Waals surface area contributed by atoms with Gasteiger partial charge in [0.15, 0.2) is 0 Å². The van der Waals surface area contributed by atoms with E-state index in [2.05, 4.69) is 42.6 Å². The summed E-state index contributed by atoms with van der Waals surface area (Å²) in [4.78, 5) is 12.7. The van der Waals surface area contributed by atoms with E-state index < -0.39 is 16.1 Å². The Labute approximate surface area is 167 Å². The molecule has 28 heavy (non-hydrogen) atoms. The van der Waals surface area contributed by atoms with Crippen molar-refractivity contribution in [1.82, 2.24) is 9.62 Å². The van der Waals surface area contributed by atoms with E-state index >= 15 is 0 Å². The minimum atomic E-state index is -3.36. The Bertz CT molecular complexity index is 940. The fraction of sp³-hybridized carbons (Fsp3) is 0.409. The van der Waals surface area contributed by atoms with Gasteiger partial charge in [-0.1, -0.05) is 55.0 Å². The summed E-state index contributed by atoms with van der Waals surface area (Å²) in [6.45, 7) is 4.72. The second kappa shape index (κ2) is 8.88. The van der Waals surface area contributed by atoms with Gasteiger partial charge in [-0.15, -0.1) is 0 Å². The van der Waals surface area contributed by atoms with Crippen molar-refractivity contribution in [3.63, 3.8) is 0 Å². The smallest absolute Gasteiger partial charge is 0.238 e. The molecule has 0 bridgehead atoms. The molecule has 0 aliphatic carbocycles. The van der Waals surface area contributed by atoms with Crippen molar-refractivity contribution in [3.8, 4) is 11.1 Å². The van der Waals surface area contributed by atoms with Crippen LogP contribution in [-0.4, -0.2) is 37.0 Å². The molecule has 1 saturated heterocycles. The number of sulfonamides is 1. The highest BCUT2D eigenvalue weighted by Crippen LogP contribution is 2.23. The van der Waals surface area contributed by atoms with Crippen molar-refractivity contribution in [2.45, 2.75) is 45.7 Å². The van der Waals surface area contributed by atoms with Gasteiger partial charge in [-0.2, -0.15) is 4.31 Å². The van der Waals surface area contributed by atoms with Crippen LogP contribution < -0.4 is 5.32 Å². The standard InChI is InChI=1S/C22H28N2O3S/c1-3-13-28(26,27)24-12-6-11-21(24)22(25)23-16-18-8-5-10-20(15-18)19-9-4-7-17(2)14-19/h4-5,7-10,14-15,21H,3,6,11-13,16H2,1-2H3,(H,23,25). The largest absolute Gasteiger partial charge is 0.351 e. The fourth-order valence-corrected chi connectivity index (χ4v) is 5.45.